The predicted molar refractivity (Wildman–Crippen MR) is 79.7 cm³/mol. The molecular weight excluding hydrogens is 264 g/mol. The SMILES string of the molecule is N#Cc1cccnc1N1CCCC(NC(=O)C2CCC2)C1. The fourth-order valence-corrected chi connectivity index (χ4v) is 3.01. The van der Waals surface area contributed by atoms with Crippen molar-refractivity contribution in [3.8, 4) is 6.07 Å². The molecular formula is C16H20N4O. The number of nitrogens with zero attached hydrogens (tertiary/aromatic N) is 3. The Morgan fingerprint density at radius 3 is 2.95 bits per heavy atom. The van der Waals surface area contributed by atoms with Gasteiger partial charge in [-0.25, -0.2) is 4.98 Å². The average Bonchev–Trinajstić information content (AvgIpc) is 2.45. The largest absolute Gasteiger partial charge is 0.353 e. The van der Waals surface area contributed by atoms with Crippen LogP contribution in [0.1, 0.15) is 37.7 Å². The van der Waals surface area contributed by atoms with Crippen molar-refractivity contribution < 1.29 is 4.79 Å². The quantitative estimate of drug-likeness (QED) is 0.919. The number of pyridine rings is 1. The van der Waals surface area contributed by atoms with Crippen molar-refractivity contribution in [2.24, 2.45) is 5.92 Å². The van der Waals surface area contributed by atoms with E-state index in [-0.39, 0.29) is 17.9 Å². The van der Waals surface area contributed by atoms with Crippen LogP contribution in [-0.4, -0.2) is 30.0 Å². The number of aromatic nitrogens is 1. The number of anilines is 1. The van der Waals surface area contributed by atoms with Crippen LogP contribution in [0.5, 0.6) is 0 Å². The number of rotatable bonds is 3. The van der Waals surface area contributed by atoms with Gasteiger partial charge in [-0.3, -0.25) is 4.79 Å². The topological polar surface area (TPSA) is 69.0 Å². The van der Waals surface area contributed by atoms with Gasteiger partial charge < -0.3 is 10.2 Å². The fourth-order valence-electron chi connectivity index (χ4n) is 3.01. The van der Waals surface area contributed by atoms with E-state index in [1.807, 2.05) is 0 Å². The van der Waals surface area contributed by atoms with Crippen LogP contribution in [0, 0.1) is 17.2 Å². The van der Waals surface area contributed by atoms with Crippen LogP contribution in [0.15, 0.2) is 18.3 Å². The maximum atomic E-state index is 12.1. The van der Waals surface area contributed by atoms with Gasteiger partial charge in [-0.05, 0) is 37.8 Å². The summed E-state index contributed by atoms with van der Waals surface area (Å²) in [5, 5.41) is 12.4. The maximum absolute atomic E-state index is 12.1. The Bertz CT molecular complexity index is 562. The maximum Gasteiger partial charge on any atom is 0.223 e. The molecule has 1 saturated heterocycles. The van der Waals surface area contributed by atoms with Gasteiger partial charge >= 0.3 is 0 Å². The lowest BCUT2D eigenvalue weighted by Gasteiger charge is -2.35. The average molecular weight is 284 g/mol. The van der Waals surface area contributed by atoms with Crippen molar-refractivity contribution in [3.63, 3.8) is 0 Å². The summed E-state index contributed by atoms with van der Waals surface area (Å²) in [5.41, 5.74) is 0.600. The van der Waals surface area contributed by atoms with E-state index >= 15 is 0 Å². The predicted octanol–water partition coefficient (Wildman–Crippen LogP) is 1.84. The summed E-state index contributed by atoms with van der Waals surface area (Å²) in [5.74, 6) is 1.17. The third-order valence-corrected chi connectivity index (χ3v) is 4.45. The second-order valence-corrected chi connectivity index (χ2v) is 5.91. The molecule has 1 atom stereocenters. The van der Waals surface area contributed by atoms with Crippen molar-refractivity contribution >= 4 is 11.7 Å². The molecule has 110 valence electrons. The molecule has 0 radical (unpaired) electrons. The summed E-state index contributed by atoms with van der Waals surface area (Å²) in [6, 6.07) is 5.93. The van der Waals surface area contributed by atoms with E-state index in [0.29, 0.717) is 5.56 Å². The Balaban J connectivity index is 1.65. The van der Waals surface area contributed by atoms with Crippen LogP contribution in [0.4, 0.5) is 5.82 Å². The van der Waals surface area contributed by atoms with Gasteiger partial charge in [0.2, 0.25) is 5.91 Å². The van der Waals surface area contributed by atoms with Crippen LogP contribution < -0.4 is 10.2 Å². The number of piperidine rings is 1. The first kappa shape index (κ1) is 13.9. The minimum absolute atomic E-state index is 0.167. The zero-order valence-corrected chi connectivity index (χ0v) is 12.1. The summed E-state index contributed by atoms with van der Waals surface area (Å²) in [6.07, 6.45) is 6.96. The van der Waals surface area contributed by atoms with Crippen molar-refractivity contribution in [1.29, 1.82) is 5.26 Å². The first-order valence-corrected chi connectivity index (χ1v) is 7.68. The summed E-state index contributed by atoms with van der Waals surface area (Å²) in [6.45, 7) is 1.63. The lowest BCUT2D eigenvalue weighted by molar-refractivity contribution is -0.128. The van der Waals surface area contributed by atoms with Gasteiger partial charge in [0.15, 0.2) is 0 Å². The Hall–Kier alpha value is -2.09. The fraction of sp³-hybridized carbons (Fsp3) is 0.562. The lowest BCUT2D eigenvalue weighted by Crippen LogP contribution is -2.50. The van der Waals surface area contributed by atoms with Crippen molar-refractivity contribution in [1.82, 2.24) is 10.3 Å². The highest BCUT2D eigenvalue weighted by Crippen LogP contribution is 2.27. The van der Waals surface area contributed by atoms with E-state index in [0.717, 1.165) is 44.6 Å². The van der Waals surface area contributed by atoms with Crippen LogP contribution in [0.25, 0.3) is 0 Å². The van der Waals surface area contributed by atoms with Gasteiger partial charge in [-0.2, -0.15) is 5.26 Å². The summed E-state index contributed by atoms with van der Waals surface area (Å²) in [4.78, 5) is 18.5. The van der Waals surface area contributed by atoms with E-state index in [1.54, 1.807) is 18.3 Å². The van der Waals surface area contributed by atoms with Crippen LogP contribution in [0.2, 0.25) is 0 Å². The van der Waals surface area contributed by atoms with E-state index in [2.05, 4.69) is 21.3 Å². The summed E-state index contributed by atoms with van der Waals surface area (Å²) in [7, 11) is 0. The Kier molecular flexibility index (Phi) is 4.05. The third kappa shape index (κ3) is 2.99. The molecule has 1 unspecified atom stereocenters. The van der Waals surface area contributed by atoms with Gasteiger partial charge in [0.25, 0.3) is 0 Å². The molecule has 1 saturated carbocycles. The molecule has 1 aliphatic heterocycles. The normalized spacial score (nSPS) is 22.2. The van der Waals surface area contributed by atoms with Crippen LogP contribution >= 0.6 is 0 Å². The van der Waals surface area contributed by atoms with Gasteiger partial charge in [0.05, 0.1) is 5.56 Å². The highest BCUT2D eigenvalue weighted by molar-refractivity contribution is 5.79. The number of nitriles is 1. The standard InChI is InChI=1S/C16H20N4O/c17-10-13-6-2-8-18-15(13)20-9-3-7-14(11-20)19-16(21)12-4-1-5-12/h2,6,8,12,14H,1,3-5,7,9,11H2,(H,19,21). The zero-order chi connectivity index (χ0) is 14.7. The smallest absolute Gasteiger partial charge is 0.223 e. The van der Waals surface area contributed by atoms with E-state index in [9.17, 15) is 10.1 Å². The number of carbonyl (C=O) groups excluding carboxylic acids is 1. The lowest BCUT2D eigenvalue weighted by atomic mass is 9.84. The molecule has 2 aliphatic rings. The Morgan fingerprint density at radius 1 is 1.38 bits per heavy atom. The number of amides is 1. The highest BCUT2D eigenvalue weighted by Gasteiger charge is 2.29. The van der Waals surface area contributed by atoms with E-state index in [4.69, 9.17) is 0 Å². The molecule has 2 fully saturated rings. The molecule has 5 heteroatoms. The summed E-state index contributed by atoms with van der Waals surface area (Å²) >= 11 is 0. The molecule has 2 heterocycles. The molecule has 0 spiro atoms. The van der Waals surface area contributed by atoms with Crippen LogP contribution in [-0.2, 0) is 4.79 Å². The second-order valence-electron chi connectivity index (χ2n) is 5.91. The van der Waals surface area contributed by atoms with Crippen molar-refractivity contribution in [3.05, 3.63) is 23.9 Å². The van der Waals surface area contributed by atoms with Gasteiger partial charge in [-0.1, -0.05) is 6.42 Å². The minimum Gasteiger partial charge on any atom is -0.353 e. The molecule has 3 rings (SSSR count). The molecule has 1 N–H and O–H groups in total. The Morgan fingerprint density at radius 2 is 2.24 bits per heavy atom. The molecule has 1 aliphatic carbocycles. The molecule has 21 heavy (non-hydrogen) atoms. The Labute approximate surface area is 125 Å². The van der Waals surface area contributed by atoms with Crippen molar-refractivity contribution in [2.75, 3.05) is 18.0 Å². The third-order valence-electron chi connectivity index (χ3n) is 4.45. The van der Waals surface area contributed by atoms with Crippen molar-refractivity contribution in [2.45, 2.75) is 38.1 Å². The number of nitrogens with one attached hydrogen (secondary N) is 1. The van der Waals surface area contributed by atoms with Gasteiger partial charge in [0, 0.05) is 31.2 Å². The molecule has 5 nitrogen and oxygen atoms in total. The number of carbonyl (C=O) groups is 1. The molecule has 1 amide bonds. The highest BCUT2D eigenvalue weighted by atomic mass is 16.2. The summed E-state index contributed by atoms with van der Waals surface area (Å²) < 4.78 is 0. The molecule has 1 aromatic heterocycles. The van der Waals surface area contributed by atoms with Gasteiger partial charge in [0.1, 0.15) is 11.9 Å². The monoisotopic (exact) mass is 284 g/mol. The first-order valence-electron chi connectivity index (χ1n) is 7.68. The second kappa shape index (κ2) is 6.13. The molecule has 1 aromatic rings. The molecule has 0 bridgehead atoms. The zero-order valence-electron chi connectivity index (χ0n) is 12.1. The van der Waals surface area contributed by atoms with E-state index in [1.165, 1.54) is 6.42 Å². The first-order chi connectivity index (χ1) is 10.3. The minimum atomic E-state index is 0.167. The molecule has 0 aromatic carbocycles. The number of hydrogen-bond donors (Lipinski definition) is 1. The van der Waals surface area contributed by atoms with E-state index < -0.39 is 0 Å². The number of hydrogen-bond acceptors (Lipinski definition) is 4. The van der Waals surface area contributed by atoms with Crippen LogP contribution in [0.3, 0.4) is 0 Å². The van der Waals surface area contributed by atoms with Gasteiger partial charge in [-0.15, -0.1) is 0 Å².